The minimum absolute atomic E-state index is 0.0237. The first-order valence-electron chi connectivity index (χ1n) is 20.9. The SMILES string of the molecule is COC(=O)c1ccc(OCCCCOC2CC3(C2)CC(N(C(=O)OC(C)(C)C)[C@H]2C[C@H](Oc4ccc(-c5ccc6c7cnccc7n(C)c6c5)cn4)C2)C3)cc1C(=O)OC. The molecule has 13 nitrogen and oxygen atoms in total. The average molecular weight is 819 g/mol. The number of amides is 1. The zero-order valence-corrected chi connectivity index (χ0v) is 35.3. The van der Waals surface area contributed by atoms with Crippen molar-refractivity contribution in [3.63, 3.8) is 0 Å². The van der Waals surface area contributed by atoms with Crippen molar-refractivity contribution in [1.82, 2.24) is 19.4 Å². The molecule has 8 rings (SSSR count). The van der Waals surface area contributed by atoms with E-state index in [1.165, 1.54) is 31.7 Å². The van der Waals surface area contributed by atoms with E-state index >= 15 is 0 Å². The van der Waals surface area contributed by atoms with Gasteiger partial charge in [-0.1, -0.05) is 12.1 Å². The van der Waals surface area contributed by atoms with Gasteiger partial charge >= 0.3 is 18.0 Å². The zero-order valence-electron chi connectivity index (χ0n) is 35.3. The molecule has 3 aliphatic rings. The van der Waals surface area contributed by atoms with Crippen molar-refractivity contribution in [3.8, 4) is 22.8 Å². The van der Waals surface area contributed by atoms with Gasteiger partial charge in [0, 0.05) is 85.1 Å². The van der Waals surface area contributed by atoms with Crippen molar-refractivity contribution in [2.75, 3.05) is 27.4 Å². The Morgan fingerprint density at radius 2 is 1.52 bits per heavy atom. The first-order chi connectivity index (χ1) is 28.8. The van der Waals surface area contributed by atoms with Crippen molar-refractivity contribution >= 4 is 39.8 Å². The lowest BCUT2D eigenvalue weighted by Crippen LogP contribution is -2.64. The van der Waals surface area contributed by atoms with Crippen molar-refractivity contribution < 1.29 is 42.8 Å². The second-order valence-corrected chi connectivity index (χ2v) is 17.5. The molecule has 3 heterocycles. The van der Waals surface area contributed by atoms with Crippen molar-refractivity contribution in [2.45, 2.75) is 102 Å². The first-order valence-corrected chi connectivity index (χ1v) is 20.9. The second kappa shape index (κ2) is 16.8. The van der Waals surface area contributed by atoms with Gasteiger partial charge in [0.2, 0.25) is 5.88 Å². The summed E-state index contributed by atoms with van der Waals surface area (Å²) in [5, 5.41) is 2.32. The van der Waals surface area contributed by atoms with Crippen LogP contribution < -0.4 is 9.47 Å². The number of ether oxygens (including phenoxy) is 6. The Balaban J connectivity index is 0.781. The Bertz CT molecular complexity index is 2370. The molecule has 0 unspecified atom stereocenters. The van der Waals surface area contributed by atoms with Gasteiger partial charge in [-0.2, -0.15) is 0 Å². The minimum Gasteiger partial charge on any atom is -0.494 e. The van der Waals surface area contributed by atoms with Crippen LogP contribution in [0.4, 0.5) is 4.79 Å². The lowest BCUT2D eigenvalue weighted by atomic mass is 9.52. The number of unbranched alkanes of at least 4 members (excludes halogenated alkanes) is 1. The molecule has 1 spiro atoms. The van der Waals surface area contributed by atoms with E-state index < -0.39 is 17.5 Å². The Kier molecular flexibility index (Phi) is 11.5. The number of hydrogen-bond acceptors (Lipinski definition) is 11. The molecule has 0 radical (unpaired) electrons. The molecule has 0 saturated heterocycles. The Morgan fingerprint density at radius 3 is 2.23 bits per heavy atom. The number of carbonyl (C=O) groups excluding carboxylic acids is 3. The standard InChI is InChI=1S/C47H54N4O9/c1-46(2,3)60-45(54)51(31-20-34(21-31)59-42-14-10-30(27-49-42)29-9-12-36-39-28-48-16-15-40(39)50(4)41(36)19-29)32-23-47(24-32)25-35(26-47)58-18-8-7-17-57-33-11-13-37(43(52)55-5)38(22-33)44(53)56-6/h9-16,19,22,27-28,31-32,34-35H,7-8,17-18,20-21,23-26H2,1-6H3/t31-,32?,34-,35?,47?. The lowest BCUT2D eigenvalue weighted by molar-refractivity contribution is -0.155. The van der Waals surface area contributed by atoms with Crippen molar-refractivity contribution in [1.29, 1.82) is 0 Å². The lowest BCUT2D eigenvalue weighted by Gasteiger charge is -2.61. The van der Waals surface area contributed by atoms with Crippen LogP contribution in [0.5, 0.6) is 11.6 Å². The molecule has 3 fully saturated rings. The predicted octanol–water partition coefficient (Wildman–Crippen LogP) is 8.70. The van der Waals surface area contributed by atoms with Gasteiger partial charge < -0.3 is 37.9 Å². The average Bonchev–Trinajstić information content (AvgIpc) is 3.48. The van der Waals surface area contributed by atoms with E-state index in [4.69, 9.17) is 28.4 Å². The normalized spacial score (nSPS) is 22.0. The molecular weight excluding hydrogens is 765 g/mol. The molecule has 3 saturated carbocycles. The van der Waals surface area contributed by atoms with Crippen LogP contribution in [-0.4, -0.2) is 94.8 Å². The second-order valence-electron chi connectivity index (χ2n) is 17.5. The molecule has 1 amide bonds. The predicted molar refractivity (Wildman–Crippen MR) is 225 cm³/mol. The molecule has 60 heavy (non-hydrogen) atoms. The Hall–Kier alpha value is -5.69. The summed E-state index contributed by atoms with van der Waals surface area (Å²) in [6.07, 6.45) is 12.5. The third-order valence-corrected chi connectivity index (χ3v) is 12.2. The summed E-state index contributed by atoms with van der Waals surface area (Å²) >= 11 is 0. The first kappa shape index (κ1) is 41.1. The van der Waals surface area contributed by atoms with Crippen LogP contribution in [0.3, 0.4) is 0 Å². The van der Waals surface area contributed by atoms with Crippen LogP contribution in [0.2, 0.25) is 0 Å². The molecule has 5 aromatic rings. The highest BCUT2D eigenvalue weighted by Gasteiger charge is 2.57. The van der Waals surface area contributed by atoms with E-state index in [-0.39, 0.29) is 46.9 Å². The van der Waals surface area contributed by atoms with E-state index in [2.05, 4.69) is 45.8 Å². The number of methoxy groups -OCH3 is 2. The van der Waals surface area contributed by atoms with Gasteiger partial charge in [0.1, 0.15) is 17.5 Å². The van der Waals surface area contributed by atoms with Crippen LogP contribution in [-0.2, 0) is 26.0 Å². The summed E-state index contributed by atoms with van der Waals surface area (Å²) in [6.45, 7) is 6.81. The Labute approximate surface area is 350 Å². The third kappa shape index (κ3) is 8.50. The number of hydrogen-bond donors (Lipinski definition) is 0. The van der Waals surface area contributed by atoms with E-state index in [0.29, 0.717) is 24.8 Å². The quantitative estimate of drug-likeness (QED) is 0.0604. The number of rotatable bonds is 14. The number of esters is 2. The molecular formula is C47H54N4O9. The van der Waals surface area contributed by atoms with Crippen LogP contribution >= 0.6 is 0 Å². The highest BCUT2D eigenvalue weighted by Crippen LogP contribution is 2.59. The van der Waals surface area contributed by atoms with Gasteiger partial charge in [0.05, 0.1) is 43.6 Å². The van der Waals surface area contributed by atoms with E-state index in [0.717, 1.165) is 78.9 Å². The number of benzene rings is 2. The fourth-order valence-corrected chi connectivity index (χ4v) is 9.12. The molecule has 0 bridgehead atoms. The fraction of sp³-hybridized carbons (Fsp3) is 0.468. The van der Waals surface area contributed by atoms with Crippen molar-refractivity contribution in [2.24, 2.45) is 12.5 Å². The van der Waals surface area contributed by atoms with Gasteiger partial charge in [0.25, 0.3) is 0 Å². The largest absolute Gasteiger partial charge is 0.494 e. The van der Waals surface area contributed by atoms with E-state index in [1.54, 1.807) is 6.07 Å². The molecule has 13 heteroatoms. The molecule has 3 aliphatic carbocycles. The highest BCUT2D eigenvalue weighted by atomic mass is 16.6. The number of carbonyl (C=O) groups is 3. The van der Waals surface area contributed by atoms with Crippen LogP contribution in [0.15, 0.2) is 73.2 Å². The molecule has 0 atom stereocenters. The number of fused-ring (bicyclic) bond motifs is 3. The van der Waals surface area contributed by atoms with Gasteiger partial charge in [0.15, 0.2) is 0 Å². The summed E-state index contributed by atoms with van der Waals surface area (Å²) < 4.78 is 36.1. The third-order valence-electron chi connectivity index (χ3n) is 12.2. The van der Waals surface area contributed by atoms with Gasteiger partial charge in [-0.05, 0) is 107 Å². The number of aryl methyl sites for hydroxylation is 1. The maximum absolute atomic E-state index is 13.6. The fourth-order valence-electron chi connectivity index (χ4n) is 9.12. The van der Waals surface area contributed by atoms with E-state index in [9.17, 15) is 14.4 Å². The molecule has 2 aromatic carbocycles. The summed E-state index contributed by atoms with van der Waals surface area (Å²) in [5.74, 6) is -0.192. The van der Waals surface area contributed by atoms with Gasteiger partial charge in [-0.25, -0.2) is 19.4 Å². The number of nitrogens with zero attached hydrogens (tertiary/aromatic N) is 4. The molecule has 3 aromatic heterocycles. The van der Waals surface area contributed by atoms with Gasteiger partial charge in [-0.3, -0.25) is 4.98 Å². The van der Waals surface area contributed by atoms with Crippen molar-refractivity contribution in [3.05, 3.63) is 84.3 Å². The number of pyridine rings is 2. The summed E-state index contributed by atoms with van der Waals surface area (Å²) in [4.78, 5) is 48.8. The highest BCUT2D eigenvalue weighted by molar-refractivity contribution is 6.08. The number of aromatic nitrogens is 3. The maximum Gasteiger partial charge on any atom is 0.410 e. The molecule has 0 N–H and O–H groups in total. The van der Waals surface area contributed by atoms with Crippen LogP contribution in [0, 0.1) is 5.41 Å². The minimum atomic E-state index is -0.633. The molecule has 0 aliphatic heterocycles. The van der Waals surface area contributed by atoms with E-state index in [1.807, 2.05) is 56.4 Å². The topological polar surface area (TPSA) is 141 Å². The van der Waals surface area contributed by atoms with Gasteiger partial charge in [-0.15, -0.1) is 0 Å². The van der Waals surface area contributed by atoms with Crippen LogP contribution in [0.25, 0.3) is 32.9 Å². The monoisotopic (exact) mass is 818 g/mol. The summed E-state index contributed by atoms with van der Waals surface area (Å²) in [5.41, 5.74) is 4.26. The zero-order chi connectivity index (χ0) is 42.2. The summed E-state index contributed by atoms with van der Waals surface area (Å²) in [7, 11) is 4.60. The smallest absolute Gasteiger partial charge is 0.410 e. The summed E-state index contributed by atoms with van der Waals surface area (Å²) in [6, 6.07) is 17.3. The maximum atomic E-state index is 13.6. The Morgan fingerprint density at radius 1 is 0.783 bits per heavy atom. The molecule has 316 valence electrons. The van der Waals surface area contributed by atoms with Crippen LogP contribution in [0.1, 0.15) is 92.9 Å².